The SMILES string of the molecule is CC(C)(C)OC(=O)N1C(=O)[C@](Cc2ccc(F)cc2)(Sc2ccccc2)c2cc(F)ccc21. The number of carbonyl (C=O) groups excluding carboxylic acids is 2. The van der Waals surface area contributed by atoms with Gasteiger partial charge >= 0.3 is 6.09 Å². The van der Waals surface area contributed by atoms with Gasteiger partial charge in [0.15, 0.2) is 0 Å². The Kier molecular flexibility index (Phi) is 6.01. The van der Waals surface area contributed by atoms with Crippen LogP contribution < -0.4 is 4.90 Å². The number of amides is 2. The molecule has 170 valence electrons. The quantitative estimate of drug-likeness (QED) is 0.441. The predicted molar refractivity (Wildman–Crippen MR) is 124 cm³/mol. The number of thioether (sulfide) groups is 1. The number of fused-ring (bicyclic) bond motifs is 1. The first-order chi connectivity index (χ1) is 15.6. The maximum atomic E-state index is 14.5. The molecule has 0 aliphatic carbocycles. The lowest BCUT2D eigenvalue weighted by Crippen LogP contribution is -2.45. The number of hydrogen-bond donors (Lipinski definition) is 0. The zero-order valence-electron chi connectivity index (χ0n) is 18.5. The van der Waals surface area contributed by atoms with Gasteiger partial charge < -0.3 is 4.74 Å². The Labute approximate surface area is 195 Å². The summed E-state index contributed by atoms with van der Waals surface area (Å²) in [7, 11) is 0. The van der Waals surface area contributed by atoms with Crippen molar-refractivity contribution in [3.05, 3.63) is 95.6 Å². The Morgan fingerprint density at radius 3 is 2.24 bits per heavy atom. The van der Waals surface area contributed by atoms with Crippen LogP contribution in [0.3, 0.4) is 0 Å². The summed E-state index contributed by atoms with van der Waals surface area (Å²) in [5.74, 6) is -1.46. The molecule has 0 saturated heterocycles. The molecule has 0 bridgehead atoms. The molecule has 0 radical (unpaired) electrons. The first-order valence-corrected chi connectivity index (χ1v) is 11.3. The number of rotatable bonds is 4. The lowest BCUT2D eigenvalue weighted by molar-refractivity contribution is -0.120. The van der Waals surface area contributed by atoms with E-state index in [2.05, 4.69) is 0 Å². The molecule has 3 aromatic carbocycles. The molecule has 0 saturated carbocycles. The number of anilines is 1. The van der Waals surface area contributed by atoms with E-state index in [-0.39, 0.29) is 12.1 Å². The molecular weight excluding hydrogens is 444 g/mol. The van der Waals surface area contributed by atoms with Crippen molar-refractivity contribution in [3.8, 4) is 0 Å². The van der Waals surface area contributed by atoms with Gasteiger partial charge in [-0.2, -0.15) is 0 Å². The van der Waals surface area contributed by atoms with Crippen LogP contribution >= 0.6 is 11.8 Å². The van der Waals surface area contributed by atoms with E-state index in [0.717, 1.165) is 9.80 Å². The first kappa shape index (κ1) is 23.0. The Morgan fingerprint density at radius 2 is 1.61 bits per heavy atom. The summed E-state index contributed by atoms with van der Waals surface area (Å²) in [5.41, 5.74) is 0.499. The van der Waals surface area contributed by atoms with Gasteiger partial charge in [-0.25, -0.2) is 18.5 Å². The van der Waals surface area contributed by atoms with Crippen LogP contribution in [0.15, 0.2) is 77.7 Å². The zero-order valence-corrected chi connectivity index (χ0v) is 19.3. The summed E-state index contributed by atoms with van der Waals surface area (Å²) in [6.07, 6.45) is -0.698. The van der Waals surface area contributed by atoms with Gasteiger partial charge in [0.25, 0.3) is 5.91 Å². The van der Waals surface area contributed by atoms with E-state index in [0.29, 0.717) is 11.1 Å². The first-order valence-electron chi connectivity index (χ1n) is 10.5. The van der Waals surface area contributed by atoms with Crippen molar-refractivity contribution < 1.29 is 23.1 Å². The molecule has 0 spiro atoms. The van der Waals surface area contributed by atoms with Crippen molar-refractivity contribution in [2.45, 2.75) is 42.4 Å². The highest BCUT2D eigenvalue weighted by Crippen LogP contribution is 2.53. The standard InChI is InChI=1S/C26H23F2NO3S/c1-25(2,3)32-24(31)29-22-14-13-19(28)15-21(22)26(23(29)30,33-20-7-5-4-6-8-20)16-17-9-11-18(27)12-10-17/h4-15H,16H2,1-3H3/t26-/m1/s1. The summed E-state index contributed by atoms with van der Waals surface area (Å²) >= 11 is 1.24. The third-order valence-electron chi connectivity index (χ3n) is 5.16. The topological polar surface area (TPSA) is 46.6 Å². The van der Waals surface area contributed by atoms with Crippen molar-refractivity contribution in [1.29, 1.82) is 0 Å². The molecule has 0 fully saturated rings. The fraction of sp³-hybridized carbons (Fsp3) is 0.231. The van der Waals surface area contributed by atoms with Crippen molar-refractivity contribution in [2.75, 3.05) is 4.90 Å². The highest BCUT2D eigenvalue weighted by molar-refractivity contribution is 8.01. The average molecular weight is 468 g/mol. The summed E-state index contributed by atoms with van der Waals surface area (Å²) in [6.45, 7) is 5.13. The van der Waals surface area contributed by atoms with Gasteiger partial charge in [0.1, 0.15) is 22.0 Å². The van der Waals surface area contributed by atoms with Crippen molar-refractivity contribution >= 4 is 29.4 Å². The van der Waals surface area contributed by atoms with E-state index < -0.39 is 34.0 Å². The maximum Gasteiger partial charge on any atom is 0.421 e. The average Bonchev–Trinajstić information content (AvgIpc) is 2.97. The molecule has 2 amide bonds. The van der Waals surface area contributed by atoms with Crippen LogP contribution in [-0.4, -0.2) is 17.6 Å². The molecule has 3 aromatic rings. The molecule has 4 nitrogen and oxygen atoms in total. The third-order valence-corrected chi connectivity index (χ3v) is 6.56. The zero-order chi connectivity index (χ0) is 23.8. The number of carbonyl (C=O) groups is 2. The van der Waals surface area contributed by atoms with Gasteiger partial charge in [0.05, 0.1) is 5.69 Å². The minimum absolute atomic E-state index is 0.126. The normalized spacial score (nSPS) is 17.7. The number of halogens is 2. The minimum atomic E-state index is -1.35. The van der Waals surface area contributed by atoms with Crippen molar-refractivity contribution in [3.63, 3.8) is 0 Å². The number of hydrogen-bond acceptors (Lipinski definition) is 4. The largest absolute Gasteiger partial charge is 0.443 e. The lowest BCUT2D eigenvalue weighted by atomic mass is 9.92. The minimum Gasteiger partial charge on any atom is -0.443 e. The summed E-state index contributed by atoms with van der Waals surface area (Å²) in [4.78, 5) is 28.9. The summed E-state index contributed by atoms with van der Waals surface area (Å²) < 4.78 is 32.2. The Balaban J connectivity index is 1.88. The Hall–Kier alpha value is -3.19. The van der Waals surface area contributed by atoms with Gasteiger partial charge in [-0.15, -0.1) is 11.8 Å². The highest BCUT2D eigenvalue weighted by Gasteiger charge is 2.55. The second-order valence-corrected chi connectivity index (χ2v) is 10.2. The molecule has 0 N–H and O–H groups in total. The molecule has 7 heteroatoms. The van der Waals surface area contributed by atoms with Gasteiger partial charge in [0, 0.05) is 16.9 Å². The van der Waals surface area contributed by atoms with Crippen LogP contribution in [0, 0.1) is 11.6 Å². The molecule has 4 rings (SSSR count). The van der Waals surface area contributed by atoms with Crippen molar-refractivity contribution in [1.82, 2.24) is 0 Å². The van der Waals surface area contributed by atoms with E-state index in [1.807, 2.05) is 30.3 Å². The predicted octanol–water partition coefficient (Wildman–Crippen LogP) is 6.48. The van der Waals surface area contributed by atoms with E-state index in [9.17, 15) is 18.4 Å². The second-order valence-electron chi connectivity index (χ2n) is 8.83. The van der Waals surface area contributed by atoms with Crippen LogP contribution in [0.1, 0.15) is 31.9 Å². The van der Waals surface area contributed by atoms with Gasteiger partial charge in [-0.1, -0.05) is 30.3 Å². The summed E-state index contributed by atoms with van der Waals surface area (Å²) in [6, 6.07) is 19.0. The third kappa shape index (κ3) is 4.64. The highest BCUT2D eigenvalue weighted by atomic mass is 32.2. The number of ether oxygens (including phenoxy) is 1. The molecule has 1 heterocycles. The molecule has 33 heavy (non-hydrogen) atoms. The van der Waals surface area contributed by atoms with Crippen molar-refractivity contribution in [2.24, 2.45) is 0 Å². The molecule has 1 atom stereocenters. The van der Waals surface area contributed by atoms with Crippen LogP contribution in [0.25, 0.3) is 0 Å². The van der Waals surface area contributed by atoms with Crippen LogP contribution in [0.4, 0.5) is 19.3 Å². The number of benzene rings is 3. The maximum absolute atomic E-state index is 14.5. The second kappa shape index (κ2) is 8.63. The smallest absolute Gasteiger partial charge is 0.421 e. The van der Waals surface area contributed by atoms with Gasteiger partial charge in [0.2, 0.25) is 0 Å². The van der Waals surface area contributed by atoms with E-state index in [1.54, 1.807) is 32.9 Å². The van der Waals surface area contributed by atoms with E-state index >= 15 is 0 Å². The molecule has 0 unspecified atom stereocenters. The fourth-order valence-corrected chi connectivity index (χ4v) is 5.19. The lowest BCUT2D eigenvalue weighted by Gasteiger charge is -2.29. The molecule has 1 aliphatic heterocycles. The van der Waals surface area contributed by atoms with Crippen LogP contribution in [-0.2, 0) is 20.7 Å². The Morgan fingerprint density at radius 1 is 0.970 bits per heavy atom. The van der Waals surface area contributed by atoms with Crippen LogP contribution in [0.5, 0.6) is 0 Å². The number of nitrogens with zero attached hydrogens (tertiary/aromatic N) is 1. The fourth-order valence-electron chi connectivity index (χ4n) is 3.81. The van der Waals surface area contributed by atoms with Gasteiger partial charge in [-0.3, -0.25) is 4.79 Å². The molecular formula is C26H23F2NO3S. The van der Waals surface area contributed by atoms with Crippen LogP contribution in [0.2, 0.25) is 0 Å². The van der Waals surface area contributed by atoms with E-state index in [1.165, 1.54) is 42.1 Å². The van der Waals surface area contributed by atoms with E-state index in [4.69, 9.17) is 4.74 Å². The molecule has 1 aliphatic rings. The monoisotopic (exact) mass is 467 g/mol. The molecule has 0 aromatic heterocycles. The Bertz CT molecular complexity index is 1190. The van der Waals surface area contributed by atoms with Gasteiger partial charge in [-0.05, 0) is 68.8 Å². The summed E-state index contributed by atoms with van der Waals surface area (Å²) in [5, 5.41) is 0. The number of imide groups is 1.